The Labute approximate surface area is 95.7 Å². The van der Waals surface area contributed by atoms with Gasteiger partial charge in [-0.1, -0.05) is 0 Å². The van der Waals surface area contributed by atoms with Crippen molar-refractivity contribution in [2.24, 2.45) is 5.73 Å². The molecule has 0 spiro atoms. The first-order chi connectivity index (χ1) is 6.80. The van der Waals surface area contributed by atoms with E-state index < -0.39 is 20.2 Å². The van der Waals surface area contributed by atoms with Gasteiger partial charge in [0.25, 0.3) is 20.2 Å². The second-order valence-electron chi connectivity index (χ2n) is 3.33. The zero-order chi connectivity index (χ0) is 13.6. The summed E-state index contributed by atoms with van der Waals surface area (Å²) >= 11 is 0. The van der Waals surface area contributed by atoms with Gasteiger partial charge in [-0.15, -0.1) is 0 Å². The van der Waals surface area contributed by atoms with Crippen molar-refractivity contribution in [3.05, 3.63) is 0 Å². The summed E-state index contributed by atoms with van der Waals surface area (Å²) in [5, 5.41) is 3.13. The van der Waals surface area contributed by atoms with Crippen molar-refractivity contribution in [1.82, 2.24) is 5.32 Å². The standard InChI is InChI=1S/C4H10N2.2CH4O3S/c1-3-4(5)2-6-3;2*1-5(2,3)4/h3-4,6H,2,5H2,1H3;2*1H3,(H,2,3,4)/t3-,4+;;/m1../s1. The highest BCUT2D eigenvalue weighted by Crippen LogP contribution is 1.96. The van der Waals surface area contributed by atoms with Gasteiger partial charge in [0.1, 0.15) is 0 Å². The number of hydrogen-bond acceptors (Lipinski definition) is 6. The van der Waals surface area contributed by atoms with Crippen molar-refractivity contribution in [2.75, 3.05) is 19.1 Å². The quantitative estimate of drug-likeness (QED) is 0.384. The van der Waals surface area contributed by atoms with E-state index in [1.807, 2.05) is 0 Å². The molecule has 16 heavy (non-hydrogen) atoms. The van der Waals surface area contributed by atoms with Gasteiger partial charge in [-0.25, -0.2) is 0 Å². The lowest BCUT2D eigenvalue weighted by atomic mass is 10.0. The predicted molar refractivity (Wildman–Crippen MR) is 60.4 cm³/mol. The first-order valence-corrected chi connectivity index (χ1v) is 7.84. The van der Waals surface area contributed by atoms with Crippen LogP contribution < -0.4 is 11.1 Å². The van der Waals surface area contributed by atoms with Gasteiger partial charge >= 0.3 is 0 Å². The van der Waals surface area contributed by atoms with Crippen LogP contribution in [-0.2, 0) is 20.2 Å². The Bertz CT molecular complexity index is 322. The van der Waals surface area contributed by atoms with Crippen LogP contribution in [-0.4, -0.2) is 57.1 Å². The summed E-state index contributed by atoms with van der Waals surface area (Å²) in [4.78, 5) is 0. The molecule has 0 unspecified atom stereocenters. The van der Waals surface area contributed by atoms with Crippen LogP contribution in [0.4, 0.5) is 0 Å². The summed E-state index contributed by atoms with van der Waals surface area (Å²) in [6, 6.07) is 0.981. The van der Waals surface area contributed by atoms with Crippen LogP contribution >= 0.6 is 0 Å². The van der Waals surface area contributed by atoms with Crippen LogP contribution in [0.1, 0.15) is 6.92 Å². The van der Waals surface area contributed by atoms with Gasteiger partial charge in [0, 0.05) is 18.6 Å². The van der Waals surface area contributed by atoms with E-state index in [9.17, 15) is 16.8 Å². The van der Waals surface area contributed by atoms with Gasteiger partial charge in [0.05, 0.1) is 12.5 Å². The highest BCUT2D eigenvalue weighted by molar-refractivity contribution is 7.85. The summed E-state index contributed by atoms with van der Waals surface area (Å²) in [6.45, 7) is 3.09. The molecule has 0 aliphatic carbocycles. The lowest BCUT2D eigenvalue weighted by molar-refractivity contribution is 0.335. The smallest absolute Gasteiger partial charge is 0.261 e. The minimum absolute atomic E-state index is 0.421. The zero-order valence-electron chi connectivity index (χ0n) is 9.28. The van der Waals surface area contributed by atoms with E-state index in [1.54, 1.807) is 0 Å². The molecule has 10 heteroatoms. The van der Waals surface area contributed by atoms with Gasteiger partial charge in [-0.2, -0.15) is 16.8 Å². The molecule has 1 aliphatic heterocycles. The molecule has 1 aliphatic rings. The van der Waals surface area contributed by atoms with Gasteiger partial charge in [0.2, 0.25) is 0 Å². The fraction of sp³-hybridized carbons (Fsp3) is 1.00. The van der Waals surface area contributed by atoms with Gasteiger partial charge in [-0.05, 0) is 6.92 Å². The second kappa shape index (κ2) is 7.14. The molecule has 1 heterocycles. The molecule has 0 amide bonds. The fourth-order valence-corrected chi connectivity index (χ4v) is 0.490. The van der Waals surface area contributed by atoms with Crippen molar-refractivity contribution in [1.29, 1.82) is 0 Å². The average Bonchev–Trinajstić information content (AvgIpc) is 1.95. The molecule has 100 valence electrons. The molecule has 1 fully saturated rings. The van der Waals surface area contributed by atoms with Crippen LogP contribution in [0.25, 0.3) is 0 Å². The molecule has 8 nitrogen and oxygen atoms in total. The van der Waals surface area contributed by atoms with Crippen LogP contribution in [0.3, 0.4) is 0 Å². The number of hydrogen-bond donors (Lipinski definition) is 4. The van der Waals surface area contributed by atoms with E-state index in [-0.39, 0.29) is 0 Å². The van der Waals surface area contributed by atoms with E-state index in [4.69, 9.17) is 14.8 Å². The molecular weight excluding hydrogens is 260 g/mol. The summed E-state index contributed by atoms with van der Waals surface area (Å²) in [7, 11) is -7.33. The highest BCUT2D eigenvalue weighted by Gasteiger charge is 2.20. The molecule has 1 saturated heterocycles. The molecule has 0 bridgehead atoms. The molecular formula is C6H18N2O6S2. The topological polar surface area (TPSA) is 147 Å². The van der Waals surface area contributed by atoms with Crippen molar-refractivity contribution in [3.63, 3.8) is 0 Å². The first-order valence-electron chi connectivity index (χ1n) is 4.14. The molecule has 0 saturated carbocycles. The third-order valence-electron chi connectivity index (χ3n) is 1.32. The van der Waals surface area contributed by atoms with Crippen molar-refractivity contribution in [3.8, 4) is 0 Å². The highest BCUT2D eigenvalue weighted by atomic mass is 32.2. The van der Waals surface area contributed by atoms with Crippen LogP contribution in [0.2, 0.25) is 0 Å². The Hall–Kier alpha value is -0.260. The monoisotopic (exact) mass is 278 g/mol. The molecule has 0 radical (unpaired) electrons. The van der Waals surface area contributed by atoms with Crippen molar-refractivity contribution in [2.45, 2.75) is 19.0 Å². The van der Waals surface area contributed by atoms with Gasteiger partial charge in [-0.3, -0.25) is 9.11 Å². The molecule has 5 N–H and O–H groups in total. The molecule has 0 aromatic heterocycles. The first kappa shape index (κ1) is 18.1. The maximum absolute atomic E-state index is 9.19. The van der Waals surface area contributed by atoms with Gasteiger partial charge < -0.3 is 11.1 Å². The SMILES string of the molecule is CS(=O)(=O)O.CS(=O)(=O)O.C[C@H]1NC[C@@H]1N. The third-order valence-corrected chi connectivity index (χ3v) is 1.32. The van der Waals surface area contributed by atoms with E-state index in [0.717, 1.165) is 6.54 Å². The van der Waals surface area contributed by atoms with Crippen LogP contribution in [0, 0.1) is 0 Å². The zero-order valence-corrected chi connectivity index (χ0v) is 10.9. The Kier molecular flexibility index (Phi) is 8.09. The van der Waals surface area contributed by atoms with E-state index in [1.165, 1.54) is 0 Å². The maximum Gasteiger partial charge on any atom is 0.261 e. The Morgan fingerprint density at radius 3 is 1.31 bits per heavy atom. The summed E-state index contributed by atoms with van der Waals surface area (Å²) in [5.41, 5.74) is 5.46. The normalized spacial score (nSPS) is 24.1. The van der Waals surface area contributed by atoms with E-state index in [0.29, 0.717) is 24.6 Å². The lowest BCUT2D eigenvalue weighted by Gasteiger charge is -2.31. The Balaban J connectivity index is 0. The van der Waals surface area contributed by atoms with Crippen molar-refractivity contribution < 1.29 is 25.9 Å². The Morgan fingerprint density at radius 2 is 1.31 bits per heavy atom. The van der Waals surface area contributed by atoms with E-state index in [2.05, 4.69) is 12.2 Å². The number of nitrogens with two attached hydrogens (primary N) is 1. The third kappa shape index (κ3) is 29.2. The van der Waals surface area contributed by atoms with Gasteiger partial charge in [0.15, 0.2) is 0 Å². The van der Waals surface area contributed by atoms with Crippen molar-refractivity contribution >= 4 is 20.2 Å². The fourth-order valence-electron chi connectivity index (χ4n) is 0.490. The molecule has 0 aromatic carbocycles. The van der Waals surface area contributed by atoms with Crippen LogP contribution in [0.15, 0.2) is 0 Å². The van der Waals surface area contributed by atoms with E-state index >= 15 is 0 Å². The minimum atomic E-state index is -3.67. The summed E-state index contributed by atoms with van der Waals surface area (Å²) < 4.78 is 51.7. The number of nitrogens with one attached hydrogen (secondary N) is 1. The summed E-state index contributed by atoms with van der Waals surface area (Å²) in [5.74, 6) is 0. The second-order valence-corrected chi connectivity index (χ2v) is 6.26. The Morgan fingerprint density at radius 1 is 1.12 bits per heavy atom. The average molecular weight is 278 g/mol. The lowest BCUT2D eigenvalue weighted by Crippen LogP contribution is -2.60. The predicted octanol–water partition coefficient (Wildman–Crippen LogP) is -1.69. The molecule has 2 atom stereocenters. The number of rotatable bonds is 0. The largest absolute Gasteiger partial charge is 0.325 e. The molecule has 1 rings (SSSR count). The molecule has 0 aromatic rings. The minimum Gasteiger partial charge on any atom is -0.325 e. The summed E-state index contributed by atoms with van der Waals surface area (Å²) in [6.07, 6.45) is 1.43. The van der Waals surface area contributed by atoms with Crippen LogP contribution in [0.5, 0.6) is 0 Å². The maximum atomic E-state index is 9.19.